The van der Waals surface area contributed by atoms with Gasteiger partial charge in [-0.15, -0.1) is 0 Å². The number of pyridine rings is 1. The number of sulfonamides is 1. The maximum absolute atomic E-state index is 12.9. The van der Waals surface area contributed by atoms with Crippen molar-refractivity contribution in [2.24, 2.45) is 0 Å². The molecule has 8 nitrogen and oxygen atoms in total. The van der Waals surface area contributed by atoms with E-state index >= 15 is 0 Å². The summed E-state index contributed by atoms with van der Waals surface area (Å²) in [5.74, 6) is 0.172. The molecule has 134 valence electrons. The Morgan fingerprint density at radius 1 is 1.12 bits per heavy atom. The summed E-state index contributed by atoms with van der Waals surface area (Å²) in [5.41, 5.74) is 0.906. The van der Waals surface area contributed by atoms with Crippen LogP contribution in [-0.4, -0.2) is 59.8 Å². The van der Waals surface area contributed by atoms with Crippen molar-refractivity contribution in [1.29, 1.82) is 0 Å². The average molecular weight is 364 g/mol. The number of aryl methyl sites for hydroxylation is 2. The highest BCUT2D eigenvalue weighted by molar-refractivity contribution is 7.89. The molecule has 1 amide bonds. The van der Waals surface area contributed by atoms with Gasteiger partial charge in [-0.1, -0.05) is 5.16 Å². The molecule has 9 heteroatoms. The number of hydrogen-bond acceptors (Lipinski definition) is 6. The van der Waals surface area contributed by atoms with E-state index in [1.54, 1.807) is 43.3 Å². The molecular weight excluding hydrogens is 344 g/mol. The van der Waals surface area contributed by atoms with Gasteiger partial charge in [0.15, 0.2) is 5.76 Å². The van der Waals surface area contributed by atoms with Gasteiger partial charge in [0, 0.05) is 44.1 Å². The van der Waals surface area contributed by atoms with Gasteiger partial charge in [0.2, 0.25) is 10.0 Å². The fourth-order valence-corrected chi connectivity index (χ4v) is 4.75. The zero-order valence-corrected chi connectivity index (χ0v) is 15.0. The van der Waals surface area contributed by atoms with Gasteiger partial charge in [0.25, 0.3) is 5.91 Å². The molecule has 0 bridgehead atoms. The minimum absolute atomic E-state index is 0.112. The number of hydrogen-bond donors (Lipinski definition) is 0. The van der Waals surface area contributed by atoms with Gasteiger partial charge in [-0.05, 0) is 32.4 Å². The van der Waals surface area contributed by atoms with Gasteiger partial charge < -0.3 is 9.42 Å². The van der Waals surface area contributed by atoms with Crippen molar-refractivity contribution in [2.75, 3.05) is 26.2 Å². The molecule has 0 aromatic carbocycles. The first-order chi connectivity index (χ1) is 11.9. The quantitative estimate of drug-likeness (QED) is 0.812. The van der Waals surface area contributed by atoms with Crippen LogP contribution in [0.5, 0.6) is 0 Å². The summed E-state index contributed by atoms with van der Waals surface area (Å²) in [6, 6.07) is 3.32. The highest BCUT2D eigenvalue weighted by Gasteiger charge is 2.33. The van der Waals surface area contributed by atoms with E-state index in [0.29, 0.717) is 37.3 Å². The van der Waals surface area contributed by atoms with Gasteiger partial charge in [-0.2, -0.15) is 4.31 Å². The molecule has 0 N–H and O–H groups in total. The van der Waals surface area contributed by atoms with Crippen molar-refractivity contribution < 1.29 is 17.7 Å². The lowest BCUT2D eigenvalue weighted by molar-refractivity contribution is 0.0764. The van der Waals surface area contributed by atoms with E-state index in [0.717, 1.165) is 0 Å². The third-order valence-corrected chi connectivity index (χ3v) is 6.38. The highest BCUT2D eigenvalue weighted by atomic mass is 32.2. The van der Waals surface area contributed by atoms with Gasteiger partial charge in [-0.25, -0.2) is 8.42 Å². The molecule has 1 saturated heterocycles. The second kappa shape index (κ2) is 6.93. The van der Waals surface area contributed by atoms with Crippen molar-refractivity contribution in [3.05, 3.63) is 41.5 Å². The molecule has 0 unspecified atom stereocenters. The SMILES string of the molecule is Cc1noc(C)c1S(=O)(=O)N1CCCN(C(=O)c2ccncc2)CC1. The molecule has 2 aromatic rings. The maximum atomic E-state index is 12.9. The smallest absolute Gasteiger partial charge is 0.254 e. The topological polar surface area (TPSA) is 96.6 Å². The van der Waals surface area contributed by atoms with E-state index in [9.17, 15) is 13.2 Å². The molecule has 1 aliphatic heterocycles. The Bertz CT molecular complexity index is 844. The number of carbonyl (C=O) groups is 1. The number of amides is 1. The summed E-state index contributed by atoms with van der Waals surface area (Å²) in [7, 11) is -3.69. The molecule has 3 heterocycles. The Morgan fingerprint density at radius 2 is 1.84 bits per heavy atom. The van der Waals surface area contributed by atoms with Gasteiger partial charge in [0.05, 0.1) is 0 Å². The fraction of sp³-hybridized carbons (Fsp3) is 0.438. The summed E-state index contributed by atoms with van der Waals surface area (Å²) < 4.78 is 32.2. The monoisotopic (exact) mass is 364 g/mol. The lowest BCUT2D eigenvalue weighted by atomic mass is 10.2. The van der Waals surface area contributed by atoms with E-state index in [-0.39, 0.29) is 23.1 Å². The minimum atomic E-state index is -3.69. The zero-order valence-electron chi connectivity index (χ0n) is 14.2. The number of aromatic nitrogens is 2. The van der Waals surface area contributed by atoms with Gasteiger partial charge >= 0.3 is 0 Å². The largest absolute Gasteiger partial charge is 0.360 e. The second-order valence-electron chi connectivity index (χ2n) is 5.94. The Hall–Kier alpha value is -2.26. The molecule has 1 fully saturated rings. The highest BCUT2D eigenvalue weighted by Crippen LogP contribution is 2.24. The van der Waals surface area contributed by atoms with Crippen LogP contribution >= 0.6 is 0 Å². The van der Waals surface area contributed by atoms with Crippen molar-refractivity contribution >= 4 is 15.9 Å². The summed E-state index contributed by atoms with van der Waals surface area (Å²) in [4.78, 5) is 18.3. The van der Waals surface area contributed by atoms with Crippen LogP contribution in [-0.2, 0) is 10.0 Å². The molecule has 3 rings (SSSR count). The van der Waals surface area contributed by atoms with E-state index in [1.165, 1.54) is 4.31 Å². The van der Waals surface area contributed by atoms with Crippen molar-refractivity contribution in [2.45, 2.75) is 25.2 Å². The van der Waals surface area contributed by atoms with Gasteiger partial charge in [0.1, 0.15) is 10.6 Å². The first kappa shape index (κ1) is 17.6. The van der Waals surface area contributed by atoms with Crippen LogP contribution in [0.3, 0.4) is 0 Å². The molecule has 0 spiro atoms. The summed E-state index contributed by atoms with van der Waals surface area (Å²) in [6.07, 6.45) is 3.71. The number of rotatable bonds is 3. The zero-order chi connectivity index (χ0) is 18.0. The van der Waals surface area contributed by atoms with Crippen LogP contribution in [0.4, 0.5) is 0 Å². The molecular formula is C16H20N4O4S. The molecule has 25 heavy (non-hydrogen) atoms. The van der Waals surface area contributed by atoms with Crippen LogP contribution in [0.1, 0.15) is 28.2 Å². The maximum Gasteiger partial charge on any atom is 0.254 e. The fourth-order valence-electron chi connectivity index (χ4n) is 2.99. The first-order valence-corrected chi connectivity index (χ1v) is 9.47. The van der Waals surface area contributed by atoms with Crippen molar-refractivity contribution in [1.82, 2.24) is 19.3 Å². The number of carbonyl (C=O) groups excluding carboxylic acids is 1. The normalized spacial score (nSPS) is 16.6. The van der Waals surface area contributed by atoms with Crippen LogP contribution < -0.4 is 0 Å². The summed E-state index contributed by atoms with van der Waals surface area (Å²) in [5, 5.41) is 3.73. The minimum Gasteiger partial charge on any atom is -0.360 e. The van der Waals surface area contributed by atoms with E-state index in [1.807, 2.05) is 0 Å². The van der Waals surface area contributed by atoms with Crippen LogP contribution in [0, 0.1) is 13.8 Å². The first-order valence-electron chi connectivity index (χ1n) is 8.03. The van der Waals surface area contributed by atoms with Gasteiger partial charge in [-0.3, -0.25) is 9.78 Å². The van der Waals surface area contributed by atoms with E-state index in [4.69, 9.17) is 4.52 Å². The molecule has 2 aromatic heterocycles. The van der Waals surface area contributed by atoms with E-state index < -0.39 is 10.0 Å². The average Bonchev–Trinajstić information content (AvgIpc) is 2.81. The molecule has 0 radical (unpaired) electrons. The van der Waals surface area contributed by atoms with Crippen LogP contribution in [0.15, 0.2) is 33.9 Å². The van der Waals surface area contributed by atoms with Crippen LogP contribution in [0.2, 0.25) is 0 Å². The summed E-state index contributed by atoms with van der Waals surface area (Å²) in [6.45, 7) is 4.64. The molecule has 0 atom stereocenters. The Balaban J connectivity index is 1.77. The molecule has 0 aliphatic carbocycles. The lowest BCUT2D eigenvalue weighted by Crippen LogP contribution is -2.37. The Kier molecular flexibility index (Phi) is 4.87. The second-order valence-corrected chi connectivity index (χ2v) is 7.81. The van der Waals surface area contributed by atoms with Crippen molar-refractivity contribution in [3.8, 4) is 0 Å². The lowest BCUT2D eigenvalue weighted by Gasteiger charge is -2.22. The Morgan fingerprint density at radius 3 is 2.48 bits per heavy atom. The van der Waals surface area contributed by atoms with Crippen molar-refractivity contribution in [3.63, 3.8) is 0 Å². The molecule has 0 saturated carbocycles. The third-order valence-electron chi connectivity index (χ3n) is 4.24. The predicted octanol–water partition coefficient (Wildman–Crippen LogP) is 1.22. The summed E-state index contributed by atoms with van der Waals surface area (Å²) >= 11 is 0. The third kappa shape index (κ3) is 3.42. The number of nitrogens with zero attached hydrogens (tertiary/aromatic N) is 4. The molecule has 1 aliphatic rings. The van der Waals surface area contributed by atoms with E-state index in [2.05, 4.69) is 10.1 Å². The predicted molar refractivity (Wildman–Crippen MR) is 89.5 cm³/mol. The Labute approximate surface area is 146 Å². The van der Waals surface area contributed by atoms with Crippen LogP contribution in [0.25, 0.3) is 0 Å². The standard InChI is InChI=1S/C16H20N4O4S/c1-12-15(13(2)24-18-12)25(22,23)20-9-3-8-19(10-11-20)16(21)14-4-6-17-7-5-14/h4-7H,3,8-11H2,1-2H3.